The fraction of sp³-hybridized carbons (Fsp3) is 0.375. The zero-order valence-electron chi connectivity index (χ0n) is 13.0. The molecule has 7 nitrogen and oxygen atoms in total. The molecule has 0 aromatic carbocycles. The molecule has 1 N–H and O–H groups in total. The molecular weight excluding hydrogens is 294 g/mol. The van der Waals surface area contributed by atoms with Crippen LogP contribution in [0.15, 0.2) is 36.8 Å². The Balaban J connectivity index is 1.61. The highest BCUT2D eigenvalue weighted by atomic mass is 16.2. The molecule has 23 heavy (non-hydrogen) atoms. The number of aromatic nitrogens is 3. The van der Waals surface area contributed by atoms with Gasteiger partial charge in [0, 0.05) is 44.6 Å². The van der Waals surface area contributed by atoms with Gasteiger partial charge in [0.05, 0.1) is 5.56 Å². The number of nitrogens with one attached hydrogen (secondary N) is 1. The summed E-state index contributed by atoms with van der Waals surface area (Å²) >= 11 is 0. The van der Waals surface area contributed by atoms with Gasteiger partial charge in [-0.05, 0) is 31.0 Å². The van der Waals surface area contributed by atoms with Crippen molar-refractivity contribution in [1.82, 2.24) is 25.0 Å². The largest absolute Gasteiger partial charge is 0.353 e. The number of carbonyl (C=O) groups excluding carboxylic acids is 2. The van der Waals surface area contributed by atoms with E-state index in [9.17, 15) is 9.59 Å². The summed E-state index contributed by atoms with van der Waals surface area (Å²) in [5.74, 6) is 0.634. The quantitative estimate of drug-likeness (QED) is 0.917. The van der Waals surface area contributed by atoms with Crippen molar-refractivity contribution in [2.75, 3.05) is 13.1 Å². The first kappa shape index (κ1) is 15.2. The van der Waals surface area contributed by atoms with Gasteiger partial charge in [0.2, 0.25) is 5.91 Å². The van der Waals surface area contributed by atoms with Gasteiger partial charge in [0.15, 0.2) is 5.82 Å². The van der Waals surface area contributed by atoms with Crippen LogP contribution in [0.4, 0.5) is 0 Å². The molecule has 0 radical (unpaired) electrons. The minimum atomic E-state index is -0.0224. The second kappa shape index (κ2) is 6.60. The third-order valence-electron chi connectivity index (χ3n) is 3.92. The molecule has 2 aromatic rings. The van der Waals surface area contributed by atoms with E-state index < -0.39 is 0 Å². The van der Waals surface area contributed by atoms with Gasteiger partial charge in [-0.25, -0.2) is 9.67 Å². The Bertz CT molecular complexity index is 673. The third kappa shape index (κ3) is 3.56. The topological polar surface area (TPSA) is 80.1 Å². The molecule has 1 fully saturated rings. The van der Waals surface area contributed by atoms with Gasteiger partial charge >= 0.3 is 0 Å². The number of hydrogen-bond acceptors (Lipinski definition) is 4. The van der Waals surface area contributed by atoms with E-state index in [2.05, 4.69) is 15.4 Å². The van der Waals surface area contributed by atoms with E-state index in [1.165, 1.54) is 6.92 Å². The predicted octanol–water partition coefficient (Wildman–Crippen LogP) is 1.01. The maximum atomic E-state index is 12.5. The summed E-state index contributed by atoms with van der Waals surface area (Å²) < 4.78 is 1.65. The minimum Gasteiger partial charge on any atom is -0.353 e. The van der Waals surface area contributed by atoms with Crippen LogP contribution in [0.3, 0.4) is 0 Å². The first-order valence-corrected chi connectivity index (χ1v) is 7.66. The number of piperidine rings is 1. The van der Waals surface area contributed by atoms with Crippen LogP contribution in [0, 0.1) is 0 Å². The average Bonchev–Trinajstić information content (AvgIpc) is 3.09. The molecule has 1 aliphatic heterocycles. The van der Waals surface area contributed by atoms with Crippen molar-refractivity contribution in [3.63, 3.8) is 0 Å². The smallest absolute Gasteiger partial charge is 0.255 e. The predicted molar refractivity (Wildman–Crippen MR) is 84.1 cm³/mol. The lowest BCUT2D eigenvalue weighted by Crippen LogP contribution is -2.46. The summed E-state index contributed by atoms with van der Waals surface area (Å²) in [4.78, 5) is 29.7. The van der Waals surface area contributed by atoms with Crippen molar-refractivity contribution >= 4 is 11.8 Å². The number of hydrogen-bond donors (Lipinski definition) is 1. The zero-order chi connectivity index (χ0) is 16.2. The van der Waals surface area contributed by atoms with E-state index in [0.717, 1.165) is 12.8 Å². The summed E-state index contributed by atoms with van der Waals surface area (Å²) in [5.41, 5.74) is 0.568. The summed E-state index contributed by atoms with van der Waals surface area (Å²) in [6.07, 6.45) is 6.63. The molecule has 0 atom stereocenters. The Kier molecular flexibility index (Phi) is 4.36. The molecule has 7 heteroatoms. The number of rotatable bonds is 3. The van der Waals surface area contributed by atoms with Crippen molar-refractivity contribution in [3.05, 3.63) is 42.4 Å². The van der Waals surface area contributed by atoms with Crippen LogP contribution >= 0.6 is 0 Å². The van der Waals surface area contributed by atoms with Gasteiger partial charge in [-0.1, -0.05) is 0 Å². The van der Waals surface area contributed by atoms with E-state index in [4.69, 9.17) is 0 Å². The fourth-order valence-electron chi connectivity index (χ4n) is 2.75. The van der Waals surface area contributed by atoms with Crippen molar-refractivity contribution < 1.29 is 9.59 Å². The van der Waals surface area contributed by atoms with Crippen LogP contribution in [-0.4, -0.2) is 50.6 Å². The molecule has 0 saturated carbocycles. The molecule has 2 aromatic heterocycles. The Hall–Kier alpha value is -2.70. The summed E-state index contributed by atoms with van der Waals surface area (Å²) in [6.45, 7) is 2.81. The molecule has 3 heterocycles. The number of amides is 2. The first-order valence-electron chi connectivity index (χ1n) is 7.66. The third-order valence-corrected chi connectivity index (χ3v) is 3.92. The number of carbonyl (C=O) groups is 2. The van der Waals surface area contributed by atoms with Crippen LogP contribution in [0.25, 0.3) is 5.82 Å². The molecule has 1 aliphatic rings. The average molecular weight is 313 g/mol. The monoisotopic (exact) mass is 313 g/mol. The van der Waals surface area contributed by atoms with Gasteiger partial charge in [0.25, 0.3) is 5.91 Å². The lowest BCUT2D eigenvalue weighted by atomic mass is 10.0. The SMILES string of the molecule is CC(=O)NC1CCN(C(=O)c2ccc(-n3cccn3)nc2)CC1. The number of nitrogens with zero attached hydrogens (tertiary/aromatic N) is 4. The van der Waals surface area contributed by atoms with E-state index in [-0.39, 0.29) is 17.9 Å². The Morgan fingerprint density at radius 3 is 2.61 bits per heavy atom. The Morgan fingerprint density at radius 1 is 1.26 bits per heavy atom. The fourth-order valence-corrected chi connectivity index (χ4v) is 2.75. The maximum Gasteiger partial charge on any atom is 0.255 e. The summed E-state index contributed by atoms with van der Waals surface area (Å²) in [7, 11) is 0. The summed E-state index contributed by atoms with van der Waals surface area (Å²) in [6, 6.07) is 5.54. The normalized spacial score (nSPS) is 15.4. The lowest BCUT2D eigenvalue weighted by molar-refractivity contribution is -0.119. The number of pyridine rings is 1. The van der Waals surface area contributed by atoms with Crippen LogP contribution in [0.2, 0.25) is 0 Å². The molecule has 0 aliphatic carbocycles. The van der Waals surface area contributed by atoms with E-state index >= 15 is 0 Å². The lowest BCUT2D eigenvalue weighted by Gasteiger charge is -2.32. The minimum absolute atomic E-state index is 0.0202. The zero-order valence-corrected chi connectivity index (χ0v) is 13.0. The van der Waals surface area contributed by atoms with Gasteiger partial charge in [0.1, 0.15) is 0 Å². The van der Waals surface area contributed by atoms with Crippen LogP contribution in [0.5, 0.6) is 0 Å². The van der Waals surface area contributed by atoms with E-state index in [0.29, 0.717) is 24.5 Å². The Morgan fingerprint density at radius 2 is 2.04 bits per heavy atom. The van der Waals surface area contributed by atoms with Gasteiger partial charge in [-0.2, -0.15) is 5.10 Å². The first-order chi connectivity index (χ1) is 11.1. The number of likely N-dealkylation sites (tertiary alicyclic amines) is 1. The molecular formula is C16H19N5O2. The molecule has 0 unspecified atom stereocenters. The van der Waals surface area contributed by atoms with Crippen molar-refractivity contribution in [2.45, 2.75) is 25.8 Å². The standard InChI is InChI=1S/C16H19N5O2/c1-12(22)19-14-5-9-20(10-6-14)16(23)13-3-4-15(17-11-13)21-8-2-7-18-21/h2-4,7-8,11,14H,5-6,9-10H2,1H3,(H,19,22). The van der Waals surface area contributed by atoms with E-state index in [1.807, 2.05) is 11.0 Å². The second-order valence-electron chi connectivity index (χ2n) is 5.62. The van der Waals surface area contributed by atoms with Crippen LogP contribution < -0.4 is 5.32 Å². The van der Waals surface area contributed by atoms with Crippen molar-refractivity contribution in [3.8, 4) is 5.82 Å². The highest BCUT2D eigenvalue weighted by Crippen LogP contribution is 2.14. The van der Waals surface area contributed by atoms with Gasteiger partial charge < -0.3 is 10.2 Å². The second-order valence-corrected chi connectivity index (χ2v) is 5.62. The maximum absolute atomic E-state index is 12.5. The van der Waals surface area contributed by atoms with Crippen molar-refractivity contribution in [1.29, 1.82) is 0 Å². The highest BCUT2D eigenvalue weighted by Gasteiger charge is 2.24. The molecule has 2 amide bonds. The highest BCUT2D eigenvalue weighted by molar-refractivity contribution is 5.94. The molecule has 120 valence electrons. The van der Waals surface area contributed by atoms with E-state index in [1.54, 1.807) is 35.4 Å². The molecule has 1 saturated heterocycles. The molecule has 3 rings (SSSR count). The molecule has 0 bridgehead atoms. The van der Waals surface area contributed by atoms with Crippen LogP contribution in [-0.2, 0) is 4.79 Å². The molecule has 0 spiro atoms. The van der Waals surface area contributed by atoms with Crippen LogP contribution in [0.1, 0.15) is 30.1 Å². The Labute approximate surface area is 134 Å². The van der Waals surface area contributed by atoms with Gasteiger partial charge in [-0.15, -0.1) is 0 Å². The van der Waals surface area contributed by atoms with Gasteiger partial charge in [-0.3, -0.25) is 9.59 Å². The summed E-state index contributed by atoms with van der Waals surface area (Å²) in [5, 5.41) is 7.01. The van der Waals surface area contributed by atoms with Crippen molar-refractivity contribution in [2.24, 2.45) is 0 Å².